The molecule has 0 heterocycles. The van der Waals surface area contributed by atoms with Crippen LogP contribution >= 0.6 is 0 Å². The van der Waals surface area contributed by atoms with Crippen LogP contribution in [0.3, 0.4) is 0 Å². The molecule has 4 rings (SSSR count). The summed E-state index contributed by atoms with van der Waals surface area (Å²) in [5.74, 6) is 5.57. The highest BCUT2D eigenvalue weighted by molar-refractivity contribution is 5.54. The van der Waals surface area contributed by atoms with Crippen molar-refractivity contribution in [1.29, 1.82) is 0 Å². The zero-order chi connectivity index (χ0) is 29.2. The van der Waals surface area contributed by atoms with Crippen LogP contribution in [0.2, 0.25) is 0 Å². The number of ether oxygens (including phenoxy) is 7. The molecule has 0 atom stereocenters. The molecule has 0 aliphatic rings. The molecule has 0 bridgehead atoms. The molecule has 0 fully saturated rings. The van der Waals surface area contributed by atoms with Crippen LogP contribution in [-0.4, -0.2) is 42.7 Å². The molecular weight excluding hydrogens is 520 g/mol. The summed E-state index contributed by atoms with van der Waals surface area (Å²) < 4.78 is 39.4. The molecule has 216 valence electrons. The molecule has 7 heteroatoms. The summed E-state index contributed by atoms with van der Waals surface area (Å²) >= 11 is 0. The molecular formula is C34H38O7. The van der Waals surface area contributed by atoms with E-state index in [1.54, 1.807) is 42.7 Å². The van der Waals surface area contributed by atoms with Crippen LogP contribution in [0.4, 0.5) is 0 Å². The van der Waals surface area contributed by atoms with Crippen molar-refractivity contribution in [2.24, 2.45) is 0 Å². The largest absolute Gasteiger partial charge is 0.497 e. The first kappa shape index (κ1) is 29.5. The number of hydrogen-bond acceptors (Lipinski definition) is 7. The summed E-state index contributed by atoms with van der Waals surface area (Å²) in [5.41, 5.74) is 4.47. The summed E-state index contributed by atoms with van der Waals surface area (Å²) in [5, 5.41) is 0. The molecule has 0 unspecified atom stereocenters. The van der Waals surface area contributed by atoms with E-state index in [0.717, 1.165) is 59.6 Å². The van der Waals surface area contributed by atoms with E-state index in [4.69, 9.17) is 33.2 Å². The fourth-order valence-corrected chi connectivity index (χ4v) is 4.72. The monoisotopic (exact) mass is 558 g/mol. The van der Waals surface area contributed by atoms with Crippen LogP contribution in [-0.2, 0) is 25.7 Å². The second-order valence-corrected chi connectivity index (χ2v) is 9.52. The normalized spacial score (nSPS) is 10.6. The van der Waals surface area contributed by atoms with E-state index in [2.05, 4.69) is 18.2 Å². The van der Waals surface area contributed by atoms with Gasteiger partial charge in [-0.05, 0) is 96.5 Å². The maximum atomic E-state index is 6.35. The summed E-state index contributed by atoms with van der Waals surface area (Å²) in [6, 6.07) is 24.0. The van der Waals surface area contributed by atoms with E-state index >= 15 is 0 Å². The molecule has 0 radical (unpaired) electrons. The molecule has 4 aromatic carbocycles. The minimum Gasteiger partial charge on any atom is -0.497 e. The van der Waals surface area contributed by atoms with Gasteiger partial charge in [0.25, 0.3) is 0 Å². The second-order valence-electron chi connectivity index (χ2n) is 9.52. The third-order valence-corrected chi connectivity index (χ3v) is 6.85. The highest BCUT2D eigenvalue weighted by Gasteiger charge is 2.14. The Kier molecular flexibility index (Phi) is 10.2. The fraction of sp³-hybridized carbons (Fsp3) is 0.294. The van der Waals surface area contributed by atoms with Crippen molar-refractivity contribution in [2.75, 3.05) is 42.7 Å². The number of benzene rings is 4. The van der Waals surface area contributed by atoms with Gasteiger partial charge >= 0.3 is 0 Å². The van der Waals surface area contributed by atoms with Gasteiger partial charge < -0.3 is 33.2 Å². The molecule has 0 aromatic heterocycles. The average molecular weight is 559 g/mol. The van der Waals surface area contributed by atoms with Crippen molar-refractivity contribution in [3.63, 3.8) is 0 Å². The van der Waals surface area contributed by atoms with E-state index in [1.165, 1.54) is 5.56 Å². The number of aryl methyl sites for hydroxylation is 4. The zero-order valence-corrected chi connectivity index (χ0v) is 24.6. The molecule has 0 amide bonds. The highest BCUT2D eigenvalue weighted by atomic mass is 16.5. The smallest absolute Gasteiger partial charge is 0.203 e. The van der Waals surface area contributed by atoms with E-state index in [-0.39, 0.29) is 0 Å². The molecule has 0 saturated heterocycles. The maximum absolute atomic E-state index is 6.35. The Labute approximate surface area is 242 Å². The van der Waals surface area contributed by atoms with Crippen LogP contribution in [0.5, 0.6) is 46.0 Å². The van der Waals surface area contributed by atoms with E-state index < -0.39 is 0 Å². The Bertz CT molecular complexity index is 1420. The third kappa shape index (κ3) is 7.78. The fourth-order valence-electron chi connectivity index (χ4n) is 4.72. The van der Waals surface area contributed by atoms with Crippen LogP contribution in [0, 0.1) is 0 Å². The standard InChI is InChI=1S/C34H38O7/c1-35-27-9-7-8-23(14-27)10-11-24-15-28(36-2)21-30(17-24)41-31-18-25(16-29(22-31)37-3)12-13-26-19-32(38-4)34(40-6)33(20-26)39-5/h7-9,14-22H,10-13H2,1-6H3. The molecule has 0 aliphatic heterocycles. The summed E-state index contributed by atoms with van der Waals surface area (Å²) in [7, 11) is 9.85. The van der Waals surface area contributed by atoms with Gasteiger partial charge in [-0.15, -0.1) is 0 Å². The first-order chi connectivity index (χ1) is 20.0. The molecule has 0 spiro atoms. The topological polar surface area (TPSA) is 64.6 Å². The minimum absolute atomic E-state index is 0.581. The van der Waals surface area contributed by atoms with Crippen molar-refractivity contribution in [2.45, 2.75) is 25.7 Å². The SMILES string of the molecule is COc1cccc(CCc2cc(OC)cc(Oc3cc(CCc4cc(OC)c(OC)c(OC)c4)cc(OC)c3)c2)c1. The quantitative estimate of drug-likeness (QED) is 0.164. The van der Waals surface area contributed by atoms with Crippen LogP contribution in [0.1, 0.15) is 22.3 Å². The van der Waals surface area contributed by atoms with Gasteiger partial charge in [-0.3, -0.25) is 0 Å². The lowest BCUT2D eigenvalue weighted by atomic mass is 10.0. The van der Waals surface area contributed by atoms with Gasteiger partial charge in [0, 0.05) is 12.1 Å². The molecule has 41 heavy (non-hydrogen) atoms. The van der Waals surface area contributed by atoms with Gasteiger partial charge in [-0.2, -0.15) is 0 Å². The summed E-state index contributed by atoms with van der Waals surface area (Å²) in [6.07, 6.45) is 3.22. The molecule has 0 aliphatic carbocycles. The molecule has 4 aromatic rings. The van der Waals surface area contributed by atoms with E-state index in [9.17, 15) is 0 Å². The first-order valence-corrected chi connectivity index (χ1v) is 13.4. The van der Waals surface area contributed by atoms with Crippen molar-refractivity contribution >= 4 is 0 Å². The molecule has 0 saturated carbocycles. The zero-order valence-electron chi connectivity index (χ0n) is 24.6. The maximum Gasteiger partial charge on any atom is 0.203 e. The number of methoxy groups -OCH3 is 6. The lowest BCUT2D eigenvalue weighted by Crippen LogP contribution is -1.99. The summed E-state index contributed by atoms with van der Waals surface area (Å²) in [4.78, 5) is 0. The number of hydrogen-bond donors (Lipinski definition) is 0. The Morgan fingerprint density at radius 2 is 0.829 bits per heavy atom. The van der Waals surface area contributed by atoms with Gasteiger partial charge in [0.2, 0.25) is 5.75 Å². The van der Waals surface area contributed by atoms with Gasteiger partial charge in [0.1, 0.15) is 28.7 Å². The van der Waals surface area contributed by atoms with Gasteiger partial charge in [-0.25, -0.2) is 0 Å². The van der Waals surface area contributed by atoms with E-state index in [0.29, 0.717) is 28.7 Å². The summed E-state index contributed by atoms with van der Waals surface area (Å²) in [6.45, 7) is 0. The Balaban J connectivity index is 1.52. The Morgan fingerprint density at radius 1 is 0.390 bits per heavy atom. The lowest BCUT2D eigenvalue weighted by molar-refractivity contribution is 0.324. The molecule has 7 nitrogen and oxygen atoms in total. The van der Waals surface area contributed by atoms with Crippen LogP contribution in [0.15, 0.2) is 72.8 Å². The lowest BCUT2D eigenvalue weighted by Gasteiger charge is -2.15. The predicted octanol–water partition coefficient (Wildman–Crippen LogP) is 7.10. The molecule has 0 N–H and O–H groups in total. The van der Waals surface area contributed by atoms with Crippen molar-refractivity contribution in [3.05, 3.63) is 95.1 Å². The van der Waals surface area contributed by atoms with Crippen molar-refractivity contribution in [3.8, 4) is 46.0 Å². The van der Waals surface area contributed by atoms with Crippen LogP contribution < -0.4 is 33.2 Å². The van der Waals surface area contributed by atoms with Crippen molar-refractivity contribution < 1.29 is 33.2 Å². The van der Waals surface area contributed by atoms with Gasteiger partial charge in [0.15, 0.2) is 11.5 Å². The third-order valence-electron chi connectivity index (χ3n) is 6.85. The minimum atomic E-state index is 0.581. The Hall–Kier alpha value is -4.52. The van der Waals surface area contributed by atoms with E-state index in [1.807, 2.05) is 54.6 Å². The number of rotatable bonds is 14. The second kappa shape index (κ2) is 14.2. The predicted molar refractivity (Wildman–Crippen MR) is 160 cm³/mol. The average Bonchev–Trinajstić information content (AvgIpc) is 3.01. The van der Waals surface area contributed by atoms with Crippen LogP contribution in [0.25, 0.3) is 0 Å². The van der Waals surface area contributed by atoms with Gasteiger partial charge in [-0.1, -0.05) is 12.1 Å². The highest BCUT2D eigenvalue weighted by Crippen LogP contribution is 2.39. The van der Waals surface area contributed by atoms with Gasteiger partial charge in [0.05, 0.1) is 42.7 Å². The first-order valence-electron chi connectivity index (χ1n) is 13.4. The Morgan fingerprint density at radius 3 is 1.29 bits per heavy atom. The van der Waals surface area contributed by atoms with Crippen molar-refractivity contribution in [1.82, 2.24) is 0 Å².